The van der Waals surface area contributed by atoms with E-state index in [1.807, 2.05) is 12.3 Å². The molecule has 0 amide bonds. The van der Waals surface area contributed by atoms with Crippen molar-refractivity contribution >= 4 is 0 Å². The van der Waals surface area contributed by atoms with Gasteiger partial charge < -0.3 is 9.73 Å². The second-order valence-corrected chi connectivity index (χ2v) is 4.27. The van der Waals surface area contributed by atoms with Crippen molar-refractivity contribution in [2.75, 3.05) is 6.54 Å². The largest absolute Gasteiger partial charge is 0.472 e. The molecule has 0 aliphatic heterocycles. The van der Waals surface area contributed by atoms with Gasteiger partial charge in [-0.2, -0.15) is 0 Å². The topological polar surface area (TPSA) is 25.2 Å². The molecular weight excluding hydrogens is 174 g/mol. The summed E-state index contributed by atoms with van der Waals surface area (Å²) < 4.78 is 5.02. The van der Waals surface area contributed by atoms with Crippen molar-refractivity contribution in [1.29, 1.82) is 0 Å². The molecular formula is C12H19NO. The summed E-state index contributed by atoms with van der Waals surface area (Å²) >= 11 is 0. The van der Waals surface area contributed by atoms with Gasteiger partial charge in [-0.05, 0) is 31.4 Å². The summed E-state index contributed by atoms with van der Waals surface area (Å²) in [5.74, 6) is 0.913. The van der Waals surface area contributed by atoms with Crippen molar-refractivity contribution in [3.05, 3.63) is 24.2 Å². The number of hydrogen-bond acceptors (Lipinski definition) is 2. The van der Waals surface area contributed by atoms with Crippen LogP contribution in [-0.2, 0) is 6.54 Å². The monoisotopic (exact) mass is 193 g/mol. The number of nitrogens with one attached hydrogen (secondary N) is 1. The predicted molar refractivity (Wildman–Crippen MR) is 57.0 cm³/mol. The molecule has 0 spiro atoms. The van der Waals surface area contributed by atoms with Gasteiger partial charge in [0.25, 0.3) is 0 Å². The SMILES string of the molecule is c1cc(CNCC2CCCCC2)co1. The van der Waals surface area contributed by atoms with E-state index in [0.29, 0.717) is 0 Å². The van der Waals surface area contributed by atoms with Crippen LogP contribution >= 0.6 is 0 Å². The third-order valence-electron chi connectivity index (χ3n) is 3.07. The van der Waals surface area contributed by atoms with E-state index in [2.05, 4.69) is 5.32 Å². The van der Waals surface area contributed by atoms with E-state index in [1.54, 1.807) is 6.26 Å². The number of furan rings is 1. The Kier molecular flexibility index (Phi) is 3.64. The molecule has 0 bridgehead atoms. The lowest BCUT2D eigenvalue weighted by Crippen LogP contribution is -2.23. The Hall–Kier alpha value is -0.760. The Labute approximate surface area is 85.7 Å². The third-order valence-corrected chi connectivity index (χ3v) is 3.07. The van der Waals surface area contributed by atoms with E-state index in [1.165, 1.54) is 44.2 Å². The Bertz CT molecular complexity index is 237. The quantitative estimate of drug-likeness (QED) is 0.795. The van der Waals surface area contributed by atoms with Gasteiger partial charge in [0.2, 0.25) is 0 Å². The zero-order valence-electron chi connectivity index (χ0n) is 8.67. The normalized spacial score (nSPS) is 18.6. The minimum absolute atomic E-state index is 0.913. The maximum absolute atomic E-state index is 5.02. The fourth-order valence-corrected chi connectivity index (χ4v) is 2.21. The molecule has 0 radical (unpaired) electrons. The van der Waals surface area contributed by atoms with Crippen LogP contribution in [0.1, 0.15) is 37.7 Å². The molecule has 2 nitrogen and oxygen atoms in total. The molecule has 1 aliphatic carbocycles. The van der Waals surface area contributed by atoms with E-state index < -0.39 is 0 Å². The smallest absolute Gasteiger partial charge is 0.0947 e. The molecule has 1 heterocycles. The van der Waals surface area contributed by atoms with Crippen molar-refractivity contribution in [3.8, 4) is 0 Å². The van der Waals surface area contributed by atoms with Gasteiger partial charge in [-0.25, -0.2) is 0 Å². The first kappa shape index (κ1) is 9.78. The van der Waals surface area contributed by atoms with E-state index in [4.69, 9.17) is 4.42 Å². The molecule has 2 heteroatoms. The summed E-state index contributed by atoms with van der Waals surface area (Å²) in [6.07, 6.45) is 10.7. The van der Waals surface area contributed by atoms with Gasteiger partial charge in [0.05, 0.1) is 12.5 Å². The Morgan fingerprint density at radius 2 is 2.14 bits per heavy atom. The second kappa shape index (κ2) is 5.20. The highest BCUT2D eigenvalue weighted by molar-refractivity contribution is 5.04. The summed E-state index contributed by atoms with van der Waals surface area (Å²) in [6, 6.07) is 2.02. The van der Waals surface area contributed by atoms with Gasteiger partial charge >= 0.3 is 0 Å². The maximum atomic E-state index is 5.02. The van der Waals surface area contributed by atoms with Gasteiger partial charge in [-0.15, -0.1) is 0 Å². The second-order valence-electron chi connectivity index (χ2n) is 4.27. The fourth-order valence-electron chi connectivity index (χ4n) is 2.21. The van der Waals surface area contributed by atoms with E-state index in [9.17, 15) is 0 Å². The van der Waals surface area contributed by atoms with Crippen LogP contribution in [0.4, 0.5) is 0 Å². The molecule has 2 rings (SSSR count). The van der Waals surface area contributed by atoms with Crippen LogP contribution in [0.2, 0.25) is 0 Å². The van der Waals surface area contributed by atoms with Crippen LogP contribution in [0.5, 0.6) is 0 Å². The van der Waals surface area contributed by atoms with Crippen LogP contribution < -0.4 is 5.32 Å². The first-order valence-corrected chi connectivity index (χ1v) is 5.67. The summed E-state index contributed by atoms with van der Waals surface area (Å²) in [5, 5.41) is 3.50. The lowest BCUT2D eigenvalue weighted by atomic mass is 9.89. The molecule has 1 saturated carbocycles. The molecule has 1 aromatic rings. The predicted octanol–water partition coefficient (Wildman–Crippen LogP) is 2.95. The lowest BCUT2D eigenvalue weighted by molar-refractivity contribution is 0.342. The summed E-state index contributed by atoms with van der Waals surface area (Å²) in [5.41, 5.74) is 1.25. The van der Waals surface area contributed by atoms with Gasteiger partial charge in [-0.1, -0.05) is 19.3 Å². The summed E-state index contributed by atoms with van der Waals surface area (Å²) in [4.78, 5) is 0. The molecule has 0 saturated heterocycles. The number of rotatable bonds is 4. The Balaban J connectivity index is 1.62. The van der Waals surface area contributed by atoms with Gasteiger partial charge in [0, 0.05) is 12.1 Å². The van der Waals surface area contributed by atoms with E-state index in [-0.39, 0.29) is 0 Å². The van der Waals surface area contributed by atoms with E-state index >= 15 is 0 Å². The molecule has 1 N–H and O–H groups in total. The first-order valence-electron chi connectivity index (χ1n) is 5.67. The summed E-state index contributed by atoms with van der Waals surface area (Å²) in [7, 11) is 0. The zero-order chi connectivity index (χ0) is 9.64. The third kappa shape index (κ3) is 2.88. The molecule has 1 fully saturated rings. The van der Waals surface area contributed by atoms with Crippen LogP contribution in [0, 0.1) is 5.92 Å². The Morgan fingerprint density at radius 3 is 2.86 bits per heavy atom. The molecule has 0 atom stereocenters. The standard InChI is InChI=1S/C12H19NO/c1-2-4-11(5-3-1)8-13-9-12-6-7-14-10-12/h6-7,10-11,13H,1-5,8-9H2. The van der Waals surface area contributed by atoms with Crippen molar-refractivity contribution < 1.29 is 4.42 Å². The molecule has 14 heavy (non-hydrogen) atoms. The van der Waals surface area contributed by atoms with Crippen LogP contribution in [0.25, 0.3) is 0 Å². The maximum Gasteiger partial charge on any atom is 0.0947 e. The molecule has 0 aromatic carbocycles. The minimum Gasteiger partial charge on any atom is -0.472 e. The minimum atomic E-state index is 0.913. The average Bonchev–Trinajstić information content (AvgIpc) is 2.72. The highest BCUT2D eigenvalue weighted by atomic mass is 16.3. The van der Waals surface area contributed by atoms with Crippen LogP contribution in [-0.4, -0.2) is 6.54 Å². The van der Waals surface area contributed by atoms with Crippen molar-refractivity contribution in [1.82, 2.24) is 5.32 Å². The van der Waals surface area contributed by atoms with Crippen molar-refractivity contribution in [3.63, 3.8) is 0 Å². The van der Waals surface area contributed by atoms with Crippen LogP contribution in [0.15, 0.2) is 23.0 Å². The summed E-state index contributed by atoms with van der Waals surface area (Å²) in [6.45, 7) is 2.12. The highest BCUT2D eigenvalue weighted by Gasteiger charge is 2.12. The van der Waals surface area contributed by atoms with Crippen molar-refractivity contribution in [2.24, 2.45) is 5.92 Å². The average molecular weight is 193 g/mol. The zero-order valence-corrected chi connectivity index (χ0v) is 8.67. The first-order chi connectivity index (χ1) is 6.95. The van der Waals surface area contributed by atoms with Gasteiger partial charge in [0.15, 0.2) is 0 Å². The Morgan fingerprint density at radius 1 is 1.29 bits per heavy atom. The van der Waals surface area contributed by atoms with Crippen molar-refractivity contribution in [2.45, 2.75) is 38.6 Å². The van der Waals surface area contributed by atoms with Crippen LogP contribution in [0.3, 0.4) is 0 Å². The molecule has 78 valence electrons. The number of hydrogen-bond donors (Lipinski definition) is 1. The van der Waals surface area contributed by atoms with Gasteiger partial charge in [-0.3, -0.25) is 0 Å². The van der Waals surface area contributed by atoms with Gasteiger partial charge in [0.1, 0.15) is 0 Å². The van der Waals surface area contributed by atoms with E-state index in [0.717, 1.165) is 12.5 Å². The molecule has 1 aliphatic rings. The molecule has 1 aromatic heterocycles. The molecule has 0 unspecified atom stereocenters. The highest BCUT2D eigenvalue weighted by Crippen LogP contribution is 2.22. The lowest BCUT2D eigenvalue weighted by Gasteiger charge is -2.21. The fraction of sp³-hybridized carbons (Fsp3) is 0.667.